The van der Waals surface area contributed by atoms with Crippen LogP contribution in [-0.2, 0) is 15.7 Å². The van der Waals surface area contributed by atoms with Gasteiger partial charge in [0, 0.05) is 12.6 Å². The molecule has 2 aromatic carbocycles. The summed E-state index contributed by atoms with van der Waals surface area (Å²) in [5.41, 5.74) is -6.41. The Bertz CT molecular complexity index is 1540. The molecule has 0 saturated heterocycles. The maximum Gasteiger partial charge on any atom is 0.429 e. The Hall–Kier alpha value is -3.44. The second-order valence-electron chi connectivity index (χ2n) is 10.8. The van der Waals surface area contributed by atoms with Gasteiger partial charge in [-0.25, -0.2) is 32.4 Å². The highest BCUT2D eigenvalue weighted by molar-refractivity contribution is 6.48. The highest BCUT2D eigenvalue weighted by Crippen LogP contribution is 2.43. The predicted octanol–water partition coefficient (Wildman–Crippen LogP) is 9.22. The average molecular weight is 763 g/mol. The number of nitrogens with zero attached hydrogens (tertiary/aromatic N) is 2. The Balaban J connectivity index is 2.67. The molecule has 0 aromatic heterocycles. The summed E-state index contributed by atoms with van der Waals surface area (Å²) in [7, 11) is 0.746. The number of alkyl halides is 9. The van der Waals surface area contributed by atoms with Gasteiger partial charge in [0.25, 0.3) is 12.3 Å². The van der Waals surface area contributed by atoms with Crippen LogP contribution in [0.25, 0.3) is 5.83 Å². The molecule has 0 fully saturated rings. The lowest BCUT2D eigenvalue weighted by Gasteiger charge is -2.33. The van der Waals surface area contributed by atoms with Crippen LogP contribution < -0.4 is 5.32 Å². The van der Waals surface area contributed by atoms with E-state index in [9.17, 15) is 53.9 Å². The highest BCUT2D eigenvalue weighted by atomic mass is 35.5. The van der Waals surface area contributed by atoms with Crippen molar-refractivity contribution in [1.29, 1.82) is 0 Å². The summed E-state index contributed by atoms with van der Waals surface area (Å²) < 4.78 is 143. The zero-order valence-electron chi connectivity index (χ0n) is 24.8. The van der Waals surface area contributed by atoms with Crippen LogP contribution in [0, 0.1) is 0 Å². The molecule has 266 valence electrons. The number of allylic oxidation sites excluding steroid dienone is 1. The van der Waals surface area contributed by atoms with Crippen LogP contribution in [-0.4, -0.2) is 66.0 Å². The van der Waals surface area contributed by atoms with Crippen molar-refractivity contribution in [2.24, 2.45) is 0 Å². The van der Waals surface area contributed by atoms with Crippen LogP contribution in [0.3, 0.4) is 0 Å². The van der Waals surface area contributed by atoms with Gasteiger partial charge in [-0.15, -0.1) is 0 Å². The molecule has 1 N–H and O–H groups in total. The molecule has 0 spiro atoms. The number of hydrogen-bond acceptors (Lipinski definition) is 4. The predicted molar refractivity (Wildman–Crippen MR) is 155 cm³/mol. The molecule has 48 heavy (non-hydrogen) atoms. The first-order valence-electron chi connectivity index (χ1n) is 13.0. The summed E-state index contributed by atoms with van der Waals surface area (Å²) in [6.07, 6.45) is -19.2. The topological polar surface area (TPSA) is 79.0 Å². The van der Waals surface area contributed by atoms with Gasteiger partial charge in [-0.05, 0) is 56.7 Å². The van der Waals surface area contributed by atoms with Crippen LogP contribution in [0.4, 0.5) is 48.7 Å². The van der Waals surface area contributed by atoms with Crippen LogP contribution >= 0.6 is 34.8 Å². The Morgan fingerprint density at radius 2 is 1.48 bits per heavy atom. The second kappa shape index (κ2) is 15.4. The Morgan fingerprint density at radius 1 is 0.938 bits per heavy atom. The summed E-state index contributed by atoms with van der Waals surface area (Å²) in [5, 5.41) is 0.167. The molecule has 2 unspecified atom stereocenters. The van der Waals surface area contributed by atoms with Crippen molar-refractivity contribution in [2.75, 3.05) is 13.6 Å². The van der Waals surface area contributed by atoms with Gasteiger partial charge >= 0.3 is 18.4 Å². The van der Waals surface area contributed by atoms with Crippen LogP contribution in [0.1, 0.15) is 53.7 Å². The zero-order valence-corrected chi connectivity index (χ0v) is 27.1. The van der Waals surface area contributed by atoms with Gasteiger partial charge in [-0.2, -0.15) is 26.3 Å². The van der Waals surface area contributed by atoms with E-state index in [1.165, 1.54) is 20.8 Å². The largest absolute Gasteiger partial charge is 0.442 e. The lowest BCUT2D eigenvalue weighted by Crippen LogP contribution is -2.54. The SMILES string of the molecule is CN(C(=O)OC(C)(C)C)N(CC(=O)NC(F)C(F)F)C(=O)c1ccc(C(F)=CC(c2cc(Cl)c(Cl)c(Cl)c2)C(F)(F)F)cc1C(F)(F)F. The molecule has 2 rings (SSSR count). The molecule has 3 amide bonds. The van der Waals surface area contributed by atoms with Gasteiger partial charge < -0.3 is 10.1 Å². The fourth-order valence-corrected chi connectivity index (χ4v) is 4.38. The Kier molecular flexibility index (Phi) is 13.1. The van der Waals surface area contributed by atoms with E-state index in [0.29, 0.717) is 12.1 Å². The molecule has 0 bridgehead atoms. The minimum absolute atomic E-state index is 0.00819. The van der Waals surface area contributed by atoms with E-state index in [2.05, 4.69) is 0 Å². The number of amides is 3. The van der Waals surface area contributed by atoms with Gasteiger partial charge in [0.05, 0.1) is 26.2 Å². The van der Waals surface area contributed by atoms with Crippen molar-refractivity contribution in [3.8, 4) is 0 Å². The number of rotatable bonds is 8. The Morgan fingerprint density at radius 3 is 1.94 bits per heavy atom. The Labute approximate surface area is 281 Å². The summed E-state index contributed by atoms with van der Waals surface area (Å²) in [4.78, 5) is 38.3. The normalized spacial score (nSPS) is 14.0. The number of hydrazine groups is 1. The maximum atomic E-state index is 15.3. The van der Waals surface area contributed by atoms with E-state index in [1.807, 2.05) is 0 Å². The third-order valence-electron chi connectivity index (χ3n) is 5.93. The number of benzene rings is 2. The van der Waals surface area contributed by atoms with Crippen molar-refractivity contribution in [3.63, 3.8) is 0 Å². The standard InChI is InChI=1S/C28H24Cl3F10N3O4/c1-26(2,3)48-25(47)43(4)44(11-20(45)42-23(35)22(33)34)24(46)14-6-5-12(7-16(14)28(39,40)41)19(32)10-15(27(36,37)38)13-8-17(29)21(31)18(30)9-13/h5-10,15,22-23H,11H2,1-4H3,(H,42,45). The fourth-order valence-electron chi connectivity index (χ4n) is 3.77. The highest BCUT2D eigenvalue weighted by Gasteiger charge is 2.42. The molecule has 2 aromatic rings. The summed E-state index contributed by atoms with van der Waals surface area (Å²) >= 11 is 17.3. The smallest absolute Gasteiger partial charge is 0.429 e. The minimum atomic E-state index is -5.51. The maximum absolute atomic E-state index is 15.3. The number of nitrogens with one attached hydrogen (secondary N) is 1. The molecular formula is C28H24Cl3F10N3O4. The van der Waals surface area contributed by atoms with Crippen molar-refractivity contribution in [3.05, 3.63) is 73.7 Å². The molecular weight excluding hydrogens is 739 g/mol. The number of hydrogen-bond donors (Lipinski definition) is 1. The number of carbonyl (C=O) groups excluding carboxylic acids is 3. The van der Waals surface area contributed by atoms with E-state index in [1.54, 1.807) is 0 Å². The monoisotopic (exact) mass is 761 g/mol. The van der Waals surface area contributed by atoms with Crippen LogP contribution in [0.5, 0.6) is 0 Å². The molecule has 0 heterocycles. The number of carbonyl (C=O) groups is 3. The van der Waals surface area contributed by atoms with Crippen LogP contribution in [0.15, 0.2) is 36.4 Å². The van der Waals surface area contributed by atoms with Crippen molar-refractivity contribution >= 4 is 58.5 Å². The number of ether oxygens (including phenoxy) is 1. The van der Waals surface area contributed by atoms with Crippen LogP contribution in [0.2, 0.25) is 15.1 Å². The first kappa shape index (κ1) is 40.7. The van der Waals surface area contributed by atoms with E-state index >= 15 is 4.39 Å². The first-order chi connectivity index (χ1) is 21.7. The lowest BCUT2D eigenvalue weighted by atomic mass is 9.95. The van der Waals surface area contributed by atoms with E-state index in [0.717, 1.165) is 24.5 Å². The third kappa shape index (κ3) is 10.8. The van der Waals surface area contributed by atoms with E-state index in [4.69, 9.17) is 39.5 Å². The van der Waals surface area contributed by atoms with E-state index in [-0.39, 0.29) is 27.2 Å². The van der Waals surface area contributed by atoms with Crippen molar-refractivity contribution in [1.82, 2.24) is 15.3 Å². The molecule has 0 aliphatic carbocycles. The molecule has 0 aliphatic rings. The van der Waals surface area contributed by atoms with Crippen molar-refractivity contribution in [2.45, 2.75) is 57.4 Å². The van der Waals surface area contributed by atoms with Gasteiger partial charge in [0.1, 0.15) is 23.9 Å². The minimum Gasteiger partial charge on any atom is -0.442 e. The molecule has 7 nitrogen and oxygen atoms in total. The molecule has 20 heteroatoms. The second-order valence-corrected chi connectivity index (χ2v) is 12.0. The summed E-state index contributed by atoms with van der Waals surface area (Å²) in [6, 6.07) is 2.24. The average Bonchev–Trinajstić information content (AvgIpc) is 2.93. The molecule has 0 radical (unpaired) electrons. The molecule has 0 saturated carbocycles. The van der Waals surface area contributed by atoms with E-state index < -0.39 is 99.2 Å². The van der Waals surface area contributed by atoms with Gasteiger partial charge in [0.15, 0.2) is 0 Å². The van der Waals surface area contributed by atoms with Crippen molar-refractivity contribution < 1.29 is 63.0 Å². The van der Waals surface area contributed by atoms with Gasteiger partial charge in [0.2, 0.25) is 12.2 Å². The fraction of sp³-hybridized carbons (Fsp3) is 0.393. The lowest BCUT2D eigenvalue weighted by molar-refractivity contribution is -0.140. The summed E-state index contributed by atoms with van der Waals surface area (Å²) in [6.45, 7) is 2.57. The summed E-state index contributed by atoms with van der Waals surface area (Å²) in [5.74, 6) is -8.16. The quantitative estimate of drug-likeness (QED) is 0.126. The molecule has 0 aliphatic heterocycles. The zero-order chi connectivity index (χ0) is 37.1. The van der Waals surface area contributed by atoms with Gasteiger partial charge in [-0.1, -0.05) is 40.9 Å². The van der Waals surface area contributed by atoms with Gasteiger partial charge in [-0.3, -0.25) is 9.59 Å². The molecule has 2 atom stereocenters. The third-order valence-corrected chi connectivity index (χ3v) is 7.13. The number of halogens is 13. The first-order valence-corrected chi connectivity index (χ1v) is 14.2.